The molecule has 1 amide bonds. The van der Waals surface area contributed by atoms with E-state index in [0.29, 0.717) is 31.0 Å². The Morgan fingerprint density at radius 1 is 1.05 bits per heavy atom. The lowest BCUT2D eigenvalue weighted by Gasteiger charge is -2.35. The topological polar surface area (TPSA) is 98.5 Å². The van der Waals surface area contributed by atoms with Crippen molar-refractivity contribution in [2.24, 2.45) is 11.7 Å². The molecule has 2 N–H and O–H groups in total. The lowest BCUT2D eigenvalue weighted by atomic mass is 9.99. The predicted octanol–water partition coefficient (Wildman–Crippen LogP) is 5.82. The number of hydrogen-bond acceptors (Lipinski definition) is 5. The first-order valence-electron chi connectivity index (χ1n) is 12.3. The van der Waals surface area contributed by atoms with E-state index in [1.165, 1.54) is 4.52 Å². The second kappa shape index (κ2) is 13.2. The molecule has 12 heteroatoms. The van der Waals surface area contributed by atoms with Gasteiger partial charge in [0.15, 0.2) is 5.65 Å². The summed E-state index contributed by atoms with van der Waals surface area (Å²) in [6.07, 6.45) is 0.533. The van der Waals surface area contributed by atoms with Gasteiger partial charge in [-0.1, -0.05) is 85.0 Å². The minimum atomic E-state index is -0.614. The standard InChI is InChI=1S/C27H29Cl3N6O2.ClH/c1-16(2)23(34(14-8-13-31)26(37)19-11-7-12-20(28)22(19)30)25-32-24-21(29)17(3)33-36(24)27(38)35(25)15-18-9-5-4-6-10-18;/h4-7,9-12,16,23H,8,13-15,31H2,1-3H3;1H/t23-;/m1./s1. The van der Waals surface area contributed by atoms with E-state index in [4.69, 9.17) is 45.5 Å². The second-order valence-corrected chi connectivity index (χ2v) is 10.6. The number of aryl methyl sites for hydroxylation is 1. The van der Waals surface area contributed by atoms with Gasteiger partial charge < -0.3 is 10.6 Å². The normalized spacial score (nSPS) is 12.0. The molecule has 0 saturated heterocycles. The van der Waals surface area contributed by atoms with E-state index in [-0.39, 0.29) is 57.1 Å². The zero-order valence-corrected chi connectivity index (χ0v) is 24.9. The number of nitrogens with two attached hydrogens (primary N) is 1. The quantitative estimate of drug-likeness (QED) is 0.257. The average molecular weight is 612 g/mol. The lowest BCUT2D eigenvalue weighted by molar-refractivity contribution is 0.0602. The van der Waals surface area contributed by atoms with Gasteiger partial charge in [0.2, 0.25) is 0 Å². The Bertz CT molecular complexity index is 1520. The van der Waals surface area contributed by atoms with Crippen molar-refractivity contribution in [2.45, 2.75) is 39.8 Å². The largest absolute Gasteiger partial charge is 0.352 e. The third-order valence-corrected chi connectivity index (χ3v) is 7.60. The van der Waals surface area contributed by atoms with Crippen LogP contribution in [0.15, 0.2) is 53.3 Å². The fraction of sp³-hybridized carbons (Fsp3) is 0.333. The molecule has 2 heterocycles. The van der Waals surface area contributed by atoms with Crippen LogP contribution in [0.4, 0.5) is 0 Å². The number of fused-ring (bicyclic) bond motifs is 1. The molecule has 208 valence electrons. The zero-order chi connectivity index (χ0) is 27.6. The first-order chi connectivity index (χ1) is 18.1. The Balaban J connectivity index is 0.00000420. The van der Waals surface area contributed by atoms with E-state index in [9.17, 15) is 9.59 Å². The second-order valence-electron chi connectivity index (χ2n) is 9.39. The van der Waals surface area contributed by atoms with E-state index in [1.807, 2.05) is 44.2 Å². The molecule has 8 nitrogen and oxygen atoms in total. The fourth-order valence-corrected chi connectivity index (χ4v) is 5.04. The Morgan fingerprint density at radius 3 is 2.38 bits per heavy atom. The van der Waals surface area contributed by atoms with E-state index < -0.39 is 11.7 Å². The summed E-state index contributed by atoms with van der Waals surface area (Å²) < 4.78 is 2.76. The molecule has 4 rings (SSSR count). The monoisotopic (exact) mass is 610 g/mol. The van der Waals surface area contributed by atoms with Gasteiger partial charge in [0.05, 0.1) is 33.9 Å². The van der Waals surface area contributed by atoms with Crippen molar-refractivity contribution in [1.82, 2.24) is 24.1 Å². The number of hydrogen-bond donors (Lipinski definition) is 1. The summed E-state index contributed by atoms with van der Waals surface area (Å²) in [4.78, 5) is 34.4. The summed E-state index contributed by atoms with van der Waals surface area (Å²) in [7, 11) is 0. The molecule has 0 unspecified atom stereocenters. The van der Waals surface area contributed by atoms with Crippen LogP contribution in [0.3, 0.4) is 0 Å². The molecular formula is C27H30Cl4N6O2. The van der Waals surface area contributed by atoms with Gasteiger partial charge in [-0.25, -0.2) is 9.78 Å². The minimum Gasteiger partial charge on any atom is -0.330 e. The smallest absolute Gasteiger partial charge is 0.330 e. The van der Waals surface area contributed by atoms with Crippen LogP contribution in [-0.4, -0.2) is 43.1 Å². The van der Waals surface area contributed by atoms with Gasteiger partial charge in [0, 0.05) is 6.54 Å². The van der Waals surface area contributed by atoms with Crippen LogP contribution in [0.5, 0.6) is 0 Å². The molecule has 0 aliphatic carbocycles. The average Bonchev–Trinajstić information content (AvgIpc) is 3.18. The molecule has 0 radical (unpaired) electrons. The molecule has 0 spiro atoms. The number of rotatable bonds is 9. The third kappa shape index (κ3) is 6.26. The first kappa shape index (κ1) is 30.9. The molecule has 1 atom stereocenters. The highest BCUT2D eigenvalue weighted by atomic mass is 35.5. The summed E-state index contributed by atoms with van der Waals surface area (Å²) in [5.74, 6) is -0.0821. The maximum atomic E-state index is 14.0. The predicted molar refractivity (Wildman–Crippen MR) is 159 cm³/mol. The van der Waals surface area contributed by atoms with E-state index in [1.54, 1.807) is 34.6 Å². The molecular weight excluding hydrogens is 582 g/mol. The summed E-state index contributed by atoms with van der Waals surface area (Å²) in [5, 5.41) is 5.05. The molecule has 0 aliphatic rings. The Morgan fingerprint density at radius 2 is 1.74 bits per heavy atom. The summed E-state index contributed by atoms with van der Waals surface area (Å²) in [5.41, 5.74) is 7.34. The van der Waals surface area contributed by atoms with E-state index >= 15 is 0 Å². The minimum absolute atomic E-state index is 0. The van der Waals surface area contributed by atoms with E-state index in [2.05, 4.69) is 5.10 Å². The molecule has 0 bridgehead atoms. The van der Waals surface area contributed by atoms with Crippen molar-refractivity contribution in [1.29, 1.82) is 0 Å². The van der Waals surface area contributed by atoms with Gasteiger partial charge in [0.1, 0.15) is 10.8 Å². The van der Waals surface area contributed by atoms with Crippen LogP contribution in [0.25, 0.3) is 5.65 Å². The number of carbonyl (C=O) groups excluding carboxylic acids is 1. The molecule has 2 aromatic carbocycles. The Kier molecular flexibility index (Phi) is 10.4. The maximum absolute atomic E-state index is 14.0. The lowest BCUT2D eigenvalue weighted by Crippen LogP contribution is -2.43. The fourth-order valence-electron chi connectivity index (χ4n) is 4.50. The number of amides is 1. The van der Waals surface area contributed by atoms with E-state index in [0.717, 1.165) is 5.56 Å². The Labute approximate surface area is 248 Å². The maximum Gasteiger partial charge on any atom is 0.352 e. The molecule has 0 aliphatic heterocycles. The van der Waals surface area contributed by atoms with Gasteiger partial charge >= 0.3 is 5.69 Å². The zero-order valence-electron chi connectivity index (χ0n) is 21.8. The number of carbonyl (C=O) groups is 1. The van der Waals surface area contributed by atoms with Gasteiger partial charge in [-0.3, -0.25) is 9.36 Å². The summed E-state index contributed by atoms with van der Waals surface area (Å²) in [6.45, 7) is 6.58. The van der Waals surface area contributed by atoms with Crippen LogP contribution in [0.1, 0.15) is 53.7 Å². The SMILES string of the molecule is Cc1nn2c(=O)n(Cc3ccccc3)c([C@@H](C(C)C)N(CCCN)C(=O)c3cccc(Cl)c3Cl)nc2c1Cl.Cl. The van der Waals surface area contributed by atoms with Crippen LogP contribution < -0.4 is 11.4 Å². The van der Waals surface area contributed by atoms with Gasteiger partial charge in [-0.05, 0) is 43.5 Å². The molecule has 2 aromatic heterocycles. The molecule has 4 aromatic rings. The van der Waals surface area contributed by atoms with Crippen LogP contribution in [0, 0.1) is 12.8 Å². The van der Waals surface area contributed by atoms with Crippen molar-refractivity contribution < 1.29 is 4.79 Å². The van der Waals surface area contributed by atoms with Crippen molar-refractivity contribution in [3.8, 4) is 0 Å². The number of benzene rings is 2. The molecule has 0 saturated carbocycles. The van der Waals surface area contributed by atoms with Crippen LogP contribution in [0.2, 0.25) is 15.1 Å². The highest BCUT2D eigenvalue weighted by molar-refractivity contribution is 6.43. The van der Waals surface area contributed by atoms with Crippen molar-refractivity contribution in [2.75, 3.05) is 13.1 Å². The number of nitrogens with zero attached hydrogens (tertiary/aromatic N) is 5. The third-order valence-electron chi connectivity index (χ3n) is 6.34. The Hall–Kier alpha value is -2.62. The van der Waals surface area contributed by atoms with Gasteiger partial charge in [0.25, 0.3) is 5.91 Å². The molecule has 0 fully saturated rings. The van der Waals surface area contributed by atoms with Gasteiger partial charge in [-0.2, -0.15) is 9.61 Å². The first-order valence-corrected chi connectivity index (χ1v) is 13.4. The number of halogens is 4. The van der Waals surface area contributed by atoms with Crippen LogP contribution >= 0.6 is 47.2 Å². The van der Waals surface area contributed by atoms with Crippen molar-refractivity contribution in [3.05, 3.63) is 96.7 Å². The van der Waals surface area contributed by atoms with Crippen molar-refractivity contribution in [3.63, 3.8) is 0 Å². The number of aromatic nitrogens is 4. The summed E-state index contributed by atoms with van der Waals surface area (Å²) >= 11 is 19.2. The highest BCUT2D eigenvalue weighted by Crippen LogP contribution is 2.33. The summed E-state index contributed by atoms with van der Waals surface area (Å²) in [6, 6.07) is 13.9. The van der Waals surface area contributed by atoms with Crippen LogP contribution in [-0.2, 0) is 6.54 Å². The van der Waals surface area contributed by atoms with Crippen molar-refractivity contribution >= 4 is 58.8 Å². The van der Waals surface area contributed by atoms with Gasteiger partial charge in [-0.15, -0.1) is 12.4 Å². The highest BCUT2D eigenvalue weighted by Gasteiger charge is 2.34. The molecule has 39 heavy (non-hydrogen) atoms.